The molecule has 0 spiro atoms. The van der Waals surface area contributed by atoms with Gasteiger partial charge >= 0.3 is 0 Å². The van der Waals surface area contributed by atoms with Gasteiger partial charge in [0, 0.05) is 10.8 Å². The molecular weight excluding hydrogens is 665 g/mol. The van der Waals surface area contributed by atoms with Gasteiger partial charge in [-0.1, -0.05) is 146 Å². The van der Waals surface area contributed by atoms with Crippen LogP contribution in [0.15, 0.2) is 199 Å². The van der Waals surface area contributed by atoms with E-state index in [2.05, 4.69) is 194 Å². The summed E-state index contributed by atoms with van der Waals surface area (Å²) >= 11 is 0. The van der Waals surface area contributed by atoms with Gasteiger partial charge in [0.1, 0.15) is 11.2 Å². The predicted octanol–water partition coefficient (Wildman–Crippen LogP) is 15.5. The summed E-state index contributed by atoms with van der Waals surface area (Å²) in [7, 11) is 0. The summed E-state index contributed by atoms with van der Waals surface area (Å²) in [6.07, 6.45) is 0. The molecule has 0 N–H and O–H groups in total. The van der Waals surface area contributed by atoms with Gasteiger partial charge in [0.2, 0.25) is 0 Å². The molecular formula is C54H32O. The zero-order valence-electron chi connectivity index (χ0n) is 29.9. The molecule has 0 radical (unpaired) electrons. The zero-order chi connectivity index (χ0) is 36.0. The Kier molecular flexibility index (Phi) is 6.40. The highest BCUT2D eigenvalue weighted by Crippen LogP contribution is 2.43. The molecule has 55 heavy (non-hydrogen) atoms. The molecule has 0 fully saturated rings. The van der Waals surface area contributed by atoms with Gasteiger partial charge in [-0.2, -0.15) is 0 Å². The van der Waals surface area contributed by atoms with Gasteiger partial charge in [-0.25, -0.2) is 0 Å². The van der Waals surface area contributed by atoms with Crippen LogP contribution in [0.2, 0.25) is 0 Å². The maximum absolute atomic E-state index is 6.36. The molecule has 0 amide bonds. The number of rotatable bonds is 3. The van der Waals surface area contributed by atoms with E-state index in [9.17, 15) is 0 Å². The molecule has 1 heterocycles. The molecule has 0 unspecified atom stereocenters. The summed E-state index contributed by atoms with van der Waals surface area (Å²) in [5, 5.41) is 17.6. The fraction of sp³-hybridized carbons (Fsp3) is 0. The first-order valence-corrected chi connectivity index (χ1v) is 19.0. The Balaban J connectivity index is 1.00. The Morgan fingerprint density at radius 1 is 0.236 bits per heavy atom. The van der Waals surface area contributed by atoms with Gasteiger partial charge in [0.25, 0.3) is 0 Å². The summed E-state index contributed by atoms with van der Waals surface area (Å²) in [6, 6.07) is 71.2. The monoisotopic (exact) mass is 696 g/mol. The molecule has 0 aliphatic rings. The van der Waals surface area contributed by atoms with Crippen LogP contribution in [0.1, 0.15) is 0 Å². The lowest BCUT2D eigenvalue weighted by atomic mass is 9.87. The summed E-state index contributed by atoms with van der Waals surface area (Å²) in [6.45, 7) is 0. The van der Waals surface area contributed by atoms with Gasteiger partial charge in [-0.15, -0.1) is 0 Å². The highest BCUT2D eigenvalue weighted by atomic mass is 16.3. The summed E-state index contributed by atoms with van der Waals surface area (Å²) in [5.74, 6) is 0. The minimum absolute atomic E-state index is 0.904. The minimum Gasteiger partial charge on any atom is -0.456 e. The fourth-order valence-corrected chi connectivity index (χ4v) is 9.10. The quantitative estimate of drug-likeness (QED) is 0.168. The van der Waals surface area contributed by atoms with E-state index >= 15 is 0 Å². The van der Waals surface area contributed by atoms with Crippen molar-refractivity contribution in [3.05, 3.63) is 194 Å². The van der Waals surface area contributed by atoms with Gasteiger partial charge in [0.15, 0.2) is 0 Å². The number of hydrogen-bond donors (Lipinski definition) is 0. The second-order valence-electron chi connectivity index (χ2n) is 14.8. The van der Waals surface area contributed by atoms with Crippen LogP contribution >= 0.6 is 0 Å². The van der Waals surface area contributed by atoms with Crippen LogP contribution < -0.4 is 0 Å². The third kappa shape index (κ3) is 4.67. The Bertz CT molecular complexity index is 3550. The lowest BCUT2D eigenvalue weighted by Crippen LogP contribution is -1.89. The van der Waals surface area contributed by atoms with Crippen molar-refractivity contribution in [2.24, 2.45) is 0 Å². The molecule has 1 nitrogen and oxygen atoms in total. The molecule has 0 aliphatic carbocycles. The van der Waals surface area contributed by atoms with E-state index in [1.807, 2.05) is 0 Å². The Morgan fingerprint density at radius 2 is 0.655 bits per heavy atom. The van der Waals surface area contributed by atoms with Crippen molar-refractivity contribution in [1.82, 2.24) is 0 Å². The third-order valence-corrected chi connectivity index (χ3v) is 11.8. The molecule has 0 atom stereocenters. The summed E-state index contributed by atoms with van der Waals surface area (Å²) in [5.41, 5.74) is 9.04. The van der Waals surface area contributed by atoms with Crippen molar-refractivity contribution in [3.63, 3.8) is 0 Å². The average Bonchev–Trinajstić information content (AvgIpc) is 3.63. The van der Waals surface area contributed by atoms with E-state index in [4.69, 9.17) is 4.42 Å². The molecule has 12 rings (SSSR count). The van der Waals surface area contributed by atoms with Crippen LogP contribution in [-0.4, -0.2) is 0 Å². The van der Waals surface area contributed by atoms with Crippen LogP contribution in [0, 0.1) is 0 Å². The molecule has 12 aromatic rings. The first-order chi connectivity index (χ1) is 27.2. The first kappa shape index (κ1) is 30.3. The maximum atomic E-state index is 6.36. The zero-order valence-corrected chi connectivity index (χ0v) is 29.9. The first-order valence-electron chi connectivity index (χ1n) is 19.0. The second-order valence-corrected chi connectivity index (χ2v) is 14.8. The SMILES string of the molecule is c1ccc2cc(-c3ccc4oc5ccc(-c6ccc7ccc(-c8cc9c%10ccccc%10c%10ccccc%10c9c9ccccc89)cc7c6)cc5c4c3)ccc2c1. The molecule has 11 aromatic carbocycles. The predicted molar refractivity (Wildman–Crippen MR) is 235 cm³/mol. The lowest BCUT2D eigenvalue weighted by molar-refractivity contribution is 0.669. The summed E-state index contributed by atoms with van der Waals surface area (Å²) < 4.78 is 6.36. The molecule has 0 saturated heterocycles. The molecule has 0 bridgehead atoms. The third-order valence-electron chi connectivity index (χ3n) is 11.8. The highest BCUT2D eigenvalue weighted by molar-refractivity contribution is 6.33. The van der Waals surface area contributed by atoms with Crippen LogP contribution in [0.4, 0.5) is 0 Å². The number of hydrogen-bond acceptors (Lipinski definition) is 1. The smallest absolute Gasteiger partial charge is 0.135 e. The Hall–Kier alpha value is -7.22. The second kappa shape index (κ2) is 11.6. The van der Waals surface area contributed by atoms with E-state index in [-0.39, 0.29) is 0 Å². The van der Waals surface area contributed by atoms with E-state index in [0.717, 1.165) is 21.9 Å². The van der Waals surface area contributed by atoms with Gasteiger partial charge < -0.3 is 4.42 Å². The van der Waals surface area contributed by atoms with Gasteiger partial charge in [-0.3, -0.25) is 0 Å². The number of benzene rings is 11. The maximum Gasteiger partial charge on any atom is 0.135 e. The van der Waals surface area contributed by atoms with Crippen LogP contribution in [0.3, 0.4) is 0 Å². The minimum atomic E-state index is 0.904. The molecule has 254 valence electrons. The molecule has 0 saturated carbocycles. The topological polar surface area (TPSA) is 13.1 Å². The van der Waals surface area contributed by atoms with E-state index in [1.165, 1.54) is 98.0 Å². The normalized spacial score (nSPS) is 12.0. The van der Waals surface area contributed by atoms with Gasteiger partial charge in [0.05, 0.1) is 0 Å². The average molecular weight is 697 g/mol. The van der Waals surface area contributed by atoms with Crippen molar-refractivity contribution in [2.75, 3.05) is 0 Å². The van der Waals surface area contributed by atoms with Crippen LogP contribution in [0.25, 0.3) is 120 Å². The van der Waals surface area contributed by atoms with E-state index in [0.29, 0.717) is 0 Å². The highest BCUT2D eigenvalue weighted by Gasteiger charge is 2.16. The molecule has 0 aliphatic heterocycles. The summed E-state index contributed by atoms with van der Waals surface area (Å²) in [4.78, 5) is 0. The van der Waals surface area contributed by atoms with Gasteiger partial charge in [-0.05, 0) is 147 Å². The van der Waals surface area contributed by atoms with Crippen molar-refractivity contribution in [2.45, 2.75) is 0 Å². The molecule has 1 heteroatoms. The Morgan fingerprint density at radius 3 is 1.31 bits per heavy atom. The number of fused-ring (bicyclic) bond motifs is 13. The van der Waals surface area contributed by atoms with Crippen molar-refractivity contribution >= 4 is 86.6 Å². The van der Waals surface area contributed by atoms with E-state index < -0.39 is 0 Å². The standard InChI is InChI=1S/C54H32O/c1-2-10-35-27-36(20-17-33(35)9-1)38-23-25-52-49(30-38)50-31-39(24-26-53(50)55-52)37-21-18-34-19-22-40(29-41(34)28-37)48-32-51-44-13-4-3-11-42(44)43-12-5-7-15-46(43)54(51)47-16-8-6-14-45(47)48/h1-32H. The number of furan rings is 1. The van der Waals surface area contributed by atoms with E-state index in [1.54, 1.807) is 0 Å². The fourth-order valence-electron chi connectivity index (χ4n) is 9.10. The molecule has 1 aromatic heterocycles. The Labute approximate surface area is 317 Å². The largest absolute Gasteiger partial charge is 0.456 e. The van der Waals surface area contributed by atoms with Crippen molar-refractivity contribution in [3.8, 4) is 33.4 Å². The van der Waals surface area contributed by atoms with Crippen LogP contribution in [-0.2, 0) is 0 Å². The lowest BCUT2D eigenvalue weighted by Gasteiger charge is -2.16. The van der Waals surface area contributed by atoms with Crippen molar-refractivity contribution in [1.29, 1.82) is 0 Å². The van der Waals surface area contributed by atoms with Crippen molar-refractivity contribution < 1.29 is 4.42 Å². The van der Waals surface area contributed by atoms with Crippen LogP contribution in [0.5, 0.6) is 0 Å².